The maximum atomic E-state index is 12.2. The van der Waals surface area contributed by atoms with E-state index in [1.165, 1.54) is 89.9 Å². The highest BCUT2D eigenvalue weighted by atomic mass is 16.6. The van der Waals surface area contributed by atoms with Gasteiger partial charge in [0.15, 0.2) is 6.10 Å². The first-order valence-corrected chi connectivity index (χ1v) is 23.8. The van der Waals surface area contributed by atoms with Crippen LogP contribution in [-0.2, 0) is 19.1 Å². The summed E-state index contributed by atoms with van der Waals surface area (Å²) >= 11 is 0. The van der Waals surface area contributed by atoms with Crippen molar-refractivity contribution in [3.05, 3.63) is 97.2 Å². The highest BCUT2D eigenvalue weighted by Crippen LogP contribution is 2.13. The lowest BCUT2D eigenvalue weighted by molar-refractivity contribution is -0.161. The second kappa shape index (κ2) is 48.2. The van der Waals surface area contributed by atoms with E-state index in [0.717, 1.165) is 89.9 Å². The minimum atomic E-state index is -0.788. The molecule has 0 aromatic carbocycles. The molecule has 0 rings (SSSR count). The molecule has 0 aromatic rings. The molecule has 0 aromatic heterocycles. The van der Waals surface area contributed by atoms with Crippen LogP contribution >= 0.6 is 0 Å². The lowest BCUT2D eigenvalue weighted by atomic mass is 10.1. The van der Waals surface area contributed by atoms with Gasteiger partial charge in [-0.05, 0) is 96.3 Å². The summed E-state index contributed by atoms with van der Waals surface area (Å²) in [4.78, 5) is 24.4. The zero-order valence-corrected chi connectivity index (χ0v) is 37.5. The van der Waals surface area contributed by atoms with Crippen molar-refractivity contribution < 1.29 is 24.2 Å². The van der Waals surface area contributed by atoms with E-state index in [2.05, 4.69) is 111 Å². The Kier molecular flexibility index (Phi) is 45.5. The second-order valence-corrected chi connectivity index (χ2v) is 15.4. The lowest BCUT2D eigenvalue weighted by Gasteiger charge is -2.15. The molecule has 58 heavy (non-hydrogen) atoms. The zero-order chi connectivity index (χ0) is 42.1. The van der Waals surface area contributed by atoms with Crippen LogP contribution in [0.4, 0.5) is 0 Å². The molecule has 0 fully saturated rings. The van der Waals surface area contributed by atoms with Crippen LogP contribution in [0.5, 0.6) is 0 Å². The highest BCUT2D eigenvalue weighted by molar-refractivity contribution is 5.70. The van der Waals surface area contributed by atoms with Gasteiger partial charge < -0.3 is 14.6 Å². The minimum Gasteiger partial charge on any atom is -0.462 e. The number of hydrogen-bond acceptors (Lipinski definition) is 5. The smallest absolute Gasteiger partial charge is 0.306 e. The Morgan fingerprint density at radius 2 is 0.741 bits per heavy atom. The Bertz CT molecular complexity index is 1140. The number of hydrogen-bond donors (Lipinski definition) is 1. The van der Waals surface area contributed by atoms with Crippen molar-refractivity contribution in [3.8, 4) is 0 Å². The molecule has 0 saturated carbocycles. The summed E-state index contributed by atoms with van der Waals surface area (Å²) in [5, 5.41) is 9.61. The molecule has 330 valence electrons. The van der Waals surface area contributed by atoms with Gasteiger partial charge in [-0.15, -0.1) is 0 Å². The van der Waals surface area contributed by atoms with Crippen LogP contribution in [0.25, 0.3) is 0 Å². The van der Waals surface area contributed by atoms with Crippen molar-refractivity contribution >= 4 is 11.9 Å². The molecular weight excluding hydrogens is 717 g/mol. The molecule has 0 aliphatic heterocycles. The molecule has 5 nitrogen and oxygen atoms in total. The van der Waals surface area contributed by atoms with Gasteiger partial charge in [0.25, 0.3) is 0 Å². The van der Waals surface area contributed by atoms with E-state index in [-0.39, 0.29) is 25.2 Å². The van der Waals surface area contributed by atoms with E-state index in [9.17, 15) is 14.7 Å². The Morgan fingerprint density at radius 3 is 1.12 bits per heavy atom. The molecule has 1 N–H and O–H groups in total. The molecule has 0 aliphatic rings. The Morgan fingerprint density at radius 1 is 0.414 bits per heavy atom. The van der Waals surface area contributed by atoms with Crippen LogP contribution in [0.3, 0.4) is 0 Å². The van der Waals surface area contributed by atoms with Crippen molar-refractivity contribution in [2.75, 3.05) is 13.2 Å². The van der Waals surface area contributed by atoms with E-state index in [0.29, 0.717) is 12.8 Å². The van der Waals surface area contributed by atoms with Crippen molar-refractivity contribution in [2.24, 2.45) is 0 Å². The predicted molar refractivity (Wildman–Crippen MR) is 251 cm³/mol. The SMILES string of the molecule is CC/C=C\C/C=C\C/C=C\C/C=C\C/C=C\C/C=C\CCCCCCCCC(=O)OC(CO)COC(=O)CCCCCCCCCCC/C=C\C/C=C\CCCCC. The number of carbonyl (C=O) groups is 2. The summed E-state index contributed by atoms with van der Waals surface area (Å²) in [6.45, 7) is 3.98. The zero-order valence-electron chi connectivity index (χ0n) is 37.5. The monoisotopic (exact) mass is 805 g/mol. The van der Waals surface area contributed by atoms with Gasteiger partial charge in [-0.2, -0.15) is 0 Å². The van der Waals surface area contributed by atoms with Gasteiger partial charge in [-0.25, -0.2) is 0 Å². The highest BCUT2D eigenvalue weighted by Gasteiger charge is 2.16. The minimum absolute atomic E-state index is 0.0796. The molecule has 0 bridgehead atoms. The molecule has 0 aliphatic carbocycles. The fourth-order valence-electron chi connectivity index (χ4n) is 6.29. The molecular formula is C53H88O5. The van der Waals surface area contributed by atoms with Gasteiger partial charge in [-0.3, -0.25) is 9.59 Å². The van der Waals surface area contributed by atoms with Gasteiger partial charge in [0.1, 0.15) is 6.61 Å². The Labute approximate surface area is 358 Å². The molecule has 1 atom stereocenters. The summed E-state index contributed by atoms with van der Waals surface area (Å²) in [5.41, 5.74) is 0. The number of aliphatic hydroxyl groups excluding tert-OH is 1. The molecule has 5 heteroatoms. The standard InChI is InChI=1S/C53H88O5/c1-3-5-7-9-11-13-15-17-19-21-23-24-25-26-27-28-30-32-34-36-38-40-42-44-46-48-53(56)58-51(49-54)50-57-52(55)47-45-43-41-39-37-35-33-31-29-22-20-18-16-14-12-10-8-6-4-2/h5,7,11-14,17-20,23-24,26-27,30,32,51,54H,3-4,6,8-10,15-16,21-22,25,28-29,31,33-50H2,1-2H3/b7-5-,13-11-,14-12-,19-17-,20-18-,24-23-,27-26-,32-30-. The van der Waals surface area contributed by atoms with Gasteiger partial charge in [0, 0.05) is 12.8 Å². The summed E-state index contributed by atoms with van der Waals surface area (Å²) in [6, 6.07) is 0. The van der Waals surface area contributed by atoms with Gasteiger partial charge in [-0.1, -0.05) is 195 Å². The summed E-state index contributed by atoms with van der Waals surface area (Å²) < 4.78 is 10.6. The number of allylic oxidation sites excluding steroid dienone is 16. The van der Waals surface area contributed by atoms with Gasteiger partial charge in [0.2, 0.25) is 0 Å². The van der Waals surface area contributed by atoms with Crippen LogP contribution in [0.15, 0.2) is 97.2 Å². The number of rotatable bonds is 42. The Hall–Kier alpha value is -3.18. The van der Waals surface area contributed by atoms with Crippen molar-refractivity contribution in [2.45, 2.75) is 213 Å². The topological polar surface area (TPSA) is 72.8 Å². The van der Waals surface area contributed by atoms with Crippen LogP contribution < -0.4 is 0 Å². The average molecular weight is 805 g/mol. The van der Waals surface area contributed by atoms with Crippen molar-refractivity contribution in [1.29, 1.82) is 0 Å². The van der Waals surface area contributed by atoms with Crippen LogP contribution in [0.2, 0.25) is 0 Å². The maximum Gasteiger partial charge on any atom is 0.306 e. The van der Waals surface area contributed by atoms with E-state index in [1.807, 2.05) is 0 Å². The van der Waals surface area contributed by atoms with Crippen LogP contribution in [0, 0.1) is 0 Å². The number of esters is 2. The van der Waals surface area contributed by atoms with E-state index in [1.54, 1.807) is 0 Å². The second-order valence-electron chi connectivity index (χ2n) is 15.4. The summed E-state index contributed by atoms with van der Waals surface area (Å²) in [7, 11) is 0. The first-order valence-electron chi connectivity index (χ1n) is 23.8. The van der Waals surface area contributed by atoms with Gasteiger partial charge >= 0.3 is 11.9 Å². The van der Waals surface area contributed by atoms with Crippen molar-refractivity contribution in [3.63, 3.8) is 0 Å². The number of ether oxygens (including phenoxy) is 2. The van der Waals surface area contributed by atoms with E-state index in [4.69, 9.17) is 9.47 Å². The molecule has 0 spiro atoms. The normalized spacial score (nSPS) is 13.1. The quantitative estimate of drug-likeness (QED) is 0.0378. The third kappa shape index (κ3) is 45.5. The van der Waals surface area contributed by atoms with Crippen LogP contribution in [-0.4, -0.2) is 36.4 Å². The van der Waals surface area contributed by atoms with Crippen LogP contribution in [0.1, 0.15) is 206 Å². The summed E-state index contributed by atoms with van der Waals surface area (Å²) in [6.07, 6.45) is 67.6. The fraction of sp³-hybridized carbons (Fsp3) is 0.660. The van der Waals surface area contributed by atoms with Crippen molar-refractivity contribution in [1.82, 2.24) is 0 Å². The maximum absolute atomic E-state index is 12.2. The van der Waals surface area contributed by atoms with E-state index >= 15 is 0 Å². The van der Waals surface area contributed by atoms with E-state index < -0.39 is 6.10 Å². The average Bonchev–Trinajstić information content (AvgIpc) is 3.23. The molecule has 0 heterocycles. The first kappa shape index (κ1) is 54.8. The largest absolute Gasteiger partial charge is 0.462 e. The lowest BCUT2D eigenvalue weighted by Crippen LogP contribution is -2.28. The number of carbonyl (C=O) groups excluding carboxylic acids is 2. The predicted octanol–water partition coefficient (Wildman–Crippen LogP) is 15.6. The first-order chi connectivity index (χ1) is 28.6. The third-order valence-electron chi connectivity index (χ3n) is 9.86. The molecule has 0 saturated heterocycles. The summed E-state index contributed by atoms with van der Waals surface area (Å²) in [5.74, 6) is -0.617. The molecule has 0 radical (unpaired) electrons. The fourth-order valence-corrected chi connectivity index (χ4v) is 6.29. The van der Waals surface area contributed by atoms with Gasteiger partial charge in [0.05, 0.1) is 6.61 Å². The Balaban J connectivity index is 3.61. The molecule has 0 amide bonds. The molecule has 1 unspecified atom stereocenters. The number of aliphatic hydroxyl groups is 1. The number of unbranched alkanes of at least 4 members (excludes halogenated alkanes) is 18. The third-order valence-corrected chi connectivity index (χ3v) is 9.86.